The number of hydrogen-bond donors (Lipinski definition) is 0. The highest BCUT2D eigenvalue weighted by Crippen LogP contribution is 2.37. The molecule has 2 heteroatoms. The molecule has 7 aromatic rings. The highest BCUT2D eigenvalue weighted by atomic mass is 15.1. The van der Waals surface area contributed by atoms with Crippen molar-refractivity contribution in [2.45, 2.75) is 12.8 Å². The lowest BCUT2D eigenvalue weighted by molar-refractivity contribution is 1.05. The molecular weight excluding hydrogens is 532 g/mol. The summed E-state index contributed by atoms with van der Waals surface area (Å²) in [5.41, 5.74) is 12.3. The van der Waals surface area contributed by atoms with Gasteiger partial charge in [-0.1, -0.05) is 122 Å². The van der Waals surface area contributed by atoms with Gasteiger partial charge in [0.15, 0.2) is 0 Å². The zero-order valence-corrected chi connectivity index (χ0v) is 24.5. The van der Waals surface area contributed by atoms with E-state index in [1.807, 2.05) is 6.08 Å². The Morgan fingerprint density at radius 2 is 1.39 bits per heavy atom. The van der Waals surface area contributed by atoms with Gasteiger partial charge in [-0.2, -0.15) is 0 Å². The Kier molecular flexibility index (Phi) is 6.46. The molecule has 0 unspecified atom stereocenters. The van der Waals surface area contributed by atoms with Crippen molar-refractivity contribution in [1.82, 2.24) is 4.40 Å². The summed E-state index contributed by atoms with van der Waals surface area (Å²) < 4.78 is 2.49. The van der Waals surface area contributed by atoms with Crippen molar-refractivity contribution in [3.63, 3.8) is 0 Å². The molecule has 8 rings (SSSR count). The summed E-state index contributed by atoms with van der Waals surface area (Å²) in [6.07, 6.45) is 12.9. The lowest BCUT2D eigenvalue weighted by atomic mass is 10.00. The largest absolute Gasteiger partial charge is 0.317 e. The summed E-state index contributed by atoms with van der Waals surface area (Å²) >= 11 is 0. The summed E-state index contributed by atoms with van der Waals surface area (Å²) in [5.74, 6) is 0. The van der Waals surface area contributed by atoms with E-state index in [1.54, 1.807) is 0 Å². The number of benzene rings is 5. The molecular formula is C42H32N2. The van der Waals surface area contributed by atoms with Crippen molar-refractivity contribution in [3.05, 3.63) is 175 Å². The van der Waals surface area contributed by atoms with Crippen LogP contribution in [0.5, 0.6) is 0 Å². The van der Waals surface area contributed by atoms with Crippen LogP contribution in [0.4, 0.5) is 11.4 Å². The number of rotatable bonds is 7. The maximum absolute atomic E-state index is 3.98. The summed E-state index contributed by atoms with van der Waals surface area (Å²) in [4.78, 5) is 2.30. The molecule has 0 aliphatic heterocycles. The third kappa shape index (κ3) is 4.35. The lowest BCUT2D eigenvalue weighted by Crippen LogP contribution is -2.08. The van der Waals surface area contributed by atoms with Crippen molar-refractivity contribution >= 4 is 50.3 Å². The van der Waals surface area contributed by atoms with Gasteiger partial charge in [-0.15, -0.1) is 0 Å². The first-order valence-electron chi connectivity index (χ1n) is 15.3. The van der Waals surface area contributed by atoms with Gasteiger partial charge in [0, 0.05) is 33.6 Å². The van der Waals surface area contributed by atoms with Gasteiger partial charge in [-0.3, -0.25) is 0 Å². The molecule has 210 valence electrons. The minimum absolute atomic E-state index is 1.08. The third-order valence-corrected chi connectivity index (χ3v) is 8.83. The molecule has 0 fully saturated rings. The van der Waals surface area contributed by atoms with Gasteiger partial charge in [0.1, 0.15) is 0 Å². The van der Waals surface area contributed by atoms with E-state index in [1.165, 1.54) is 49.2 Å². The molecule has 0 N–H and O–H groups in total. The van der Waals surface area contributed by atoms with E-state index in [2.05, 4.69) is 168 Å². The van der Waals surface area contributed by atoms with Crippen LogP contribution in [-0.2, 0) is 6.42 Å². The Bertz CT molecular complexity index is 2270. The molecule has 0 atom stereocenters. The molecule has 44 heavy (non-hydrogen) atoms. The molecule has 1 aliphatic carbocycles. The van der Waals surface area contributed by atoms with Crippen LogP contribution in [0.3, 0.4) is 0 Å². The second kappa shape index (κ2) is 10.9. The molecule has 2 aromatic heterocycles. The standard InChI is InChI=1S/C42H32N2/c1-2-12-30(31-13-5-3-6-14-31)27-28-43(34-23-21-33(22-24-34)32-15-7-4-8-16-32)35-25-26-37-39-19-11-18-38-36-17-9-10-20-40(36)44(42(38)39)41(37)29-35/h2-10,12-18,20-29H,1,11,19H2/b28-27-,30-12+. The number of aromatic nitrogens is 1. The minimum Gasteiger partial charge on any atom is -0.317 e. The number of para-hydroxylation sites is 1. The monoisotopic (exact) mass is 564 g/mol. The van der Waals surface area contributed by atoms with Crippen molar-refractivity contribution in [2.24, 2.45) is 0 Å². The number of fused-ring (bicyclic) bond motifs is 6. The van der Waals surface area contributed by atoms with Gasteiger partial charge in [0.05, 0.1) is 16.6 Å². The summed E-state index contributed by atoms with van der Waals surface area (Å²) in [5, 5.41) is 4.07. The summed E-state index contributed by atoms with van der Waals surface area (Å²) in [6, 6.07) is 45.7. The first-order chi connectivity index (χ1) is 21.8. The second-order valence-corrected chi connectivity index (χ2v) is 11.4. The highest BCUT2D eigenvalue weighted by Gasteiger charge is 2.21. The average molecular weight is 565 g/mol. The SMILES string of the molecule is C=C/C=C(\C=C/N(c1ccc(-c2ccccc2)cc1)c1ccc2c3c4c(c5ccccc5n4c2c1)=CCC3)c1ccccc1. The van der Waals surface area contributed by atoms with E-state index >= 15 is 0 Å². The van der Waals surface area contributed by atoms with Gasteiger partial charge in [-0.25, -0.2) is 0 Å². The Hall–Kier alpha value is -5.60. The Labute approximate surface area is 257 Å². The van der Waals surface area contributed by atoms with Crippen molar-refractivity contribution in [1.29, 1.82) is 0 Å². The number of anilines is 2. The summed E-state index contributed by atoms with van der Waals surface area (Å²) in [7, 11) is 0. The van der Waals surface area contributed by atoms with Crippen molar-refractivity contribution in [2.75, 3.05) is 4.90 Å². The van der Waals surface area contributed by atoms with Gasteiger partial charge >= 0.3 is 0 Å². The molecule has 0 saturated carbocycles. The van der Waals surface area contributed by atoms with Gasteiger partial charge in [0.25, 0.3) is 0 Å². The fraction of sp³-hybridized carbons (Fsp3) is 0.0476. The maximum atomic E-state index is 3.98. The molecule has 0 bridgehead atoms. The zero-order valence-electron chi connectivity index (χ0n) is 24.5. The molecule has 5 aromatic carbocycles. The van der Waals surface area contributed by atoms with E-state index in [9.17, 15) is 0 Å². The van der Waals surface area contributed by atoms with Crippen molar-refractivity contribution < 1.29 is 0 Å². The predicted molar refractivity (Wildman–Crippen MR) is 188 cm³/mol. The van der Waals surface area contributed by atoms with E-state index in [0.29, 0.717) is 0 Å². The molecule has 2 nitrogen and oxygen atoms in total. The van der Waals surface area contributed by atoms with Crippen molar-refractivity contribution in [3.8, 4) is 11.1 Å². The maximum Gasteiger partial charge on any atom is 0.0576 e. The van der Waals surface area contributed by atoms with E-state index < -0.39 is 0 Å². The van der Waals surface area contributed by atoms with Crippen LogP contribution >= 0.6 is 0 Å². The second-order valence-electron chi connectivity index (χ2n) is 11.4. The van der Waals surface area contributed by atoms with Crippen LogP contribution in [-0.4, -0.2) is 4.40 Å². The lowest BCUT2D eigenvalue weighted by Gasteiger charge is -2.22. The van der Waals surface area contributed by atoms with Crippen LogP contribution in [0.1, 0.15) is 17.5 Å². The van der Waals surface area contributed by atoms with Crippen LogP contribution in [0, 0.1) is 0 Å². The quantitative estimate of drug-likeness (QED) is 0.175. The number of nitrogens with zero attached hydrogens (tertiary/aromatic N) is 2. The number of hydrogen-bond acceptors (Lipinski definition) is 1. The summed E-state index contributed by atoms with van der Waals surface area (Å²) in [6.45, 7) is 3.98. The first-order valence-corrected chi connectivity index (χ1v) is 15.3. The first kappa shape index (κ1) is 26.1. The molecule has 0 amide bonds. The number of allylic oxidation sites excluding steroid dienone is 4. The van der Waals surface area contributed by atoms with E-state index in [-0.39, 0.29) is 0 Å². The van der Waals surface area contributed by atoms with Gasteiger partial charge in [-0.05, 0) is 77.1 Å². The van der Waals surface area contributed by atoms with Crippen LogP contribution < -0.4 is 10.1 Å². The predicted octanol–water partition coefficient (Wildman–Crippen LogP) is 10.3. The fourth-order valence-corrected chi connectivity index (χ4v) is 6.80. The van der Waals surface area contributed by atoms with Gasteiger partial charge < -0.3 is 9.30 Å². The van der Waals surface area contributed by atoms with E-state index in [4.69, 9.17) is 0 Å². The minimum atomic E-state index is 1.08. The average Bonchev–Trinajstić information content (AvgIpc) is 3.61. The Morgan fingerprint density at radius 3 is 2.18 bits per heavy atom. The fourth-order valence-electron chi connectivity index (χ4n) is 6.80. The van der Waals surface area contributed by atoms with Gasteiger partial charge in [0.2, 0.25) is 0 Å². The highest BCUT2D eigenvalue weighted by molar-refractivity contribution is 6.04. The molecule has 0 radical (unpaired) electrons. The topological polar surface area (TPSA) is 7.65 Å². The molecule has 1 aliphatic rings. The molecule has 0 saturated heterocycles. The van der Waals surface area contributed by atoms with E-state index in [0.717, 1.165) is 35.4 Å². The van der Waals surface area contributed by atoms with Crippen LogP contribution in [0.25, 0.3) is 50.1 Å². The number of aryl methyl sites for hydroxylation is 1. The third-order valence-electron chi connectivity index (χ3n) is 8.83. The normalized spacial score (nSPS) is 13.1. The Morgan fingerprint density at radius 1 is 0.682 bits per heavy atom. The molecule has 0 spiro atoms. The smallest absolute Gasteiger partial charge is 0.0576 e. The molecule has 2 heterocycles. The Balaban J connectivity index is 1.30. The van der Waals surface area contributed by atoms with Crippen LogP contribution in [0.15, 0.2) is 158 Å². The van der Waals surface area contributed by atoms with Crippen LogP contribution in [0.2, 0.25) is 0 Å². The zero-order chi connectivity index (χ0) is 29.5.